The second kappa shape index (κ2) is 4.98. The molecule has 1 aliphatic heterocycles. The van der Waals surface area contributed by atoms with E-state index in [4.69, 9.17) is 9.84 Å². The maximum Gasteiger partial charge on any atom is 0.331 e. The molecule has 112 valence electrons. The van der Waals surface area contributed by atoms with Gasteiger partial charge in [-0.15, -0.1) is 0 Å². The zero-order valence-electron chi connectivity index (χ0n) is 11.2. The fourth-order valence-electron chi connectivity index (χ4n) is 3.36. The molecular weight excluding hydrogens is 270 g/mol. The highest BCUT2D eigenvalue weighted by Gasteiger charge is 2.68. The Morgan fingerprint density at radius 1 is 1.40 bits per heavy atom. The molecule has 0 radical (unpaired) electrons. The van der Waals surface area contributed by atoms with Crippen LogP contribution in [-0.4, -0.2) is 59.4 Å². The number of nitrogens with zero attached hydrogens (tertiary/aromatic N) is 2. The van der Waals surface area contributed by atoms with Crippen LogP contribution in [0.4, 0.5) is 0 Å². The lowest BCUT2D eigenvalue weighted by Gasteiger charge is -2.42. The van der Waals surface area contributed by atoms with Crippen LogP contribution in [0, 0.1) is 20.2 Å². The van der Waals surface area contributed by atoms with Gasteiger partial charge < -0.3 is 14.7 Å². The summed E-state index contributed by atoms with van der Waals surface area (Å²) in [6.45, 7) is 0.104. The first kappa shape index (κ1) is 14.7. The van der Waals surface area contributed by atoms with Crippen LogP contribution >= 0.6 is 0 Å². The lowest BCUT2D eigenvalue weighted by atomic mass is 9.71. The van der Waals surface area contributed by atoms with Crippen LogP contribution in [0.15, 0.2) is 11.8 Å². The number of likely N-dealkylation sites (N-methyl/N-ethyl adjacent to an activating group) is 1. The molecule has 2 N–H and O–H groups in total. The molecule has 2 bridgehead atoms. The van der Waals surface area contributed by atoms with Gasteiger partial charge in [0.2, 0.25) is 0 Å². The lowest BCUT2D eigenvalue weighted by Crippen LogP contribution is -3.16. The first-order valence-corrected chi connectivity index (χ1v) is 6.41. The number of aliphatic hydroxyl groups is 1. The predicted octanol–water partition coefficient (Wildman–Crippen LogP) is -1.77. The summed E-state index contributed by atoms with van der Waals surface area (Å²) in [5, 5.41) is 31.7. The van der Waals surface area contributed by atoms with Crippen LogP contribution < -0.4 is 4.90 Å². The number of quaternary nitrogens is 1. The fourth-order valence-corrected chi connectivity index (χ4v) is 3.36. The molecule has 0 amide bonds. The van der Waals surface area contributed by atoms with Gasteiger partial charge in [-0.25, -0.2) is 0 Å². The lowest BCUT2D eigenvalue weighted by molar-refractivity contribution is -0.927. The van der Waals surface area contributed by atoms with Crippen molar-refractivity contribution in [3.63, 3.8) is 0 Å². The second-order valence-electron chi connectivity index (χ2n) is 5.60. The third-order valence-electron chi connectivity index (χ3n) is 4.06. The molecule has 3 atom stereocenters. The third kappa shape index (κ3) is 2.12. The number of fused-ring (bicyclic) bond motifs is 2. The summed E-state index contributed by atoms with van der Waals surface area (Å²) in [4.78, 5) is 22.8. The van der Waals surface area contributed by atoms with Gasteiger partial charge in [-0.1, -0.05) is 0 Å². The van der Waals surface area contributed by atoms with Crippen LogP contribution in [0.1, 0.15) is 12.8 Å². The Labute approximate surface area is 115 Å². The molecule has 2 aliphatic rings. The van der Waals surface area contributed by atoms with Gasteiger partial charge in [-0.3, -0.25) is 20.2 Å². The van der Waals surface area contributed by atoms with Gasteiger partial charge in [0, 0.05) is 16.3 Å². The molecule has 1 unspecified atom stereocenters. The quantitative estimate of drug-likeness (QED) is 0.456. The van der Waals surface area contributed by atoms with Crippen molar-refractivity contribution in [2.45, 2.75) is 23.9 Å². The first-order chi connectivity index (χ1) is 9.36. The van der Waals surface area contributed by atoms with Crippen LogP contribution in [0.25, 0.3) is 0 Å². The minimum Gasteiger partial charge on any atom is -0.488 e. The van der Waals surface area contributed by atoms with Gasteiger partial charge in [0.1, 0.15) is 19.6 Å². The smallest absolute Gasteiger partial charge is 0.331 e. The average Bonchev–Trinajstić information content (AvgIpc) is 2.37. The number of ether oxygens (including phenoxy) is 1. The van der Waals surface area contributed by atoms with Gasteiger partial charge >= 0.3 is 5.54 Å². The standard InChI is InChI=1S/C11H17N3O6/c1-12-7-10(13(16)17)3-2-9(20-5-4-15)11(6-10,8-12)14(18)19/h2,15H,3-8H2,1H3/p+1/t10-,11+/m0/s1. The van der Waals surface area contributed by atoms with Crippen molar-refractivity contribution in [3.8, 4) is 0 Å². The Balaban J connectivity index is 2.44. The molecule has 0 aromatic heterocycles. The van der Waals surface area contributed by atoms with Crippen LogP contribution in [0.5, 0.6) is 0 Å². The largest absolute Gasteiger partial charge is 0.488 e. The molecule has 0 saturated carbocycles. The van der Waals surface area contributed by atoms with Crippen molar-refractivity contribution in [2.75, 3.05) is 33.4 Å². The number of nitro groups is 2. The molecule has 1 fully saturated rings. The number of hydrogen-bond acceptors (Lipinski definition) is 6. The number of nitrogens with one attached hydrogen (secondary N) is 1. The number of aliphatic hydroxyl groups excluding tert-OH is 1. The SMILES string of the molecule is C[NH+]1C[C@]2([N+](=O)[O-])CC=C(OCCO)[C@]([N+](=O)[O-])(C1)C2. The fraction of sp³-hybridized carbons (Fsp3) is 0.818. The molecule has 9 heteroatoms. The predicted molar refractivity (Wildman–Crippen MR) is 66.4 cm³/mol. The molecule has 2 rings (SSSR count). The van der Waals surface area contributed by atoms with E-state index in [9.17, 15) is 20.2 Å². The van der Waals surface area contributed by atoms with E-state index in [1.807, 2.05) is 0 Å². The van der Waals surface area contributed by atoms with E-state index in [2.05, 4.69) is 0 Å². The van der Waals surface area contributed by atoms with Gasteiger partial charge in [0.15, 0.2) is 12.3 Å². The zero-order chi connectivity index (χ0) is 15.0. The topological polar surface area (TPSA) is 120 Å². The van der Waals surface area contributed by atoms with E-state index in [0.29, 0.717) is 0 Å². The van der Waals surface area contributed by atoms with E-state index in [-0.39, 0.29) is 44.9 Å². The summed E-state index contributed by atoms with van der Waals surface area (Å²) in [6.07, 6.45) is 1.42. The Morgan fingerprint density at radius 2 is 2.10 bits per heavy atom. The Morgan fingerprint density at radius 3 is 2.65 bits per heavy atom. The maximum atomic E-state index is 11.6. The maximum absolute atomic E-state index is 11.6. The van der Waals surface area contributed by atoms with Crippen molar-refractivity contribution in [2.24, 2.45) is 0 Å². The third-order valence-corrected chi connectivity index (χ3v) is 4.06. The molecular formula is C11H18N3O6+. The van der Waals surface area contributed by atoms with E-state index in [1.165, 1.54) is 6.08 Å². The normalized spacial score (nSPS) is 36.1. The highest BCUT2D eigenvalue weighted by atomic mass is 16.6. The number of piperidine rings is 1. The van der Waals surface area contributed by atoms with Crippen molar-refractivity contribution in [1.29, 1.82) is 0 Å². The Bertz CT molecular complexity index is 467. The monoisotopic (exact) mass is 288 g/mol. The van der Waals surface area contributed by atoms with Crippen molar-refractivity contribution in [3.05, 3.63) is 32.1 Å². The van der Waals surface area contributed by atoms with Crippen LogP contribution in [-0.2, 0) is 4.74 Å². The molecule has 1 saturated heterocycles. The molecule has 0 aromatic carbocycles. The van der Waals surface area contributed by atoms with Crippen molar-refractivity contribution >= 4 is 0 Å². The van der Waals surface area contributed by atoms with E-state index in [0.717, 1.165) is 4.90 Å². The summed E-state index contributed by atoms with van der Waals surface area (Å²) in [5.41, 5.74) is -2.87. The number of likely N-dealkylation sites (tertiary alicyclic amines) is 1. The highest BCUT2D eigenvalue weighted by Crippen LogP contribution is 2.40. The molecule has 1 aliphatic carbocycles. The highest BCUT2D eigenvalue weighted by molar-refractivity contribution is 5.20. The zero-order valence-corrected chi connectivity index (χ0v) is 11.2. The van der Waals surface area contributed by atoms with E-state index >= 15 is 0 Å². The van der Waals surface area contributed by atoms with E-state index < -0.39 is 20.9 Å². The molecule has 1 heterocycles. The Kier molecular flexibility index (Phi) is 3.65. The summed E-state index contributed by atoms with van der Waals surface area (Å²) in [7, 11) is 1.71. The summed E-state index contributed by atoms with van der Waals surface area (Å²) in [5.74, 6) is 0.146. The summed E-state index contributed by atoms with van der Waals surface area (Å²) in [6, 6.07) is 0. The summed E-state index contributed by atoms with van der Waals surface area (Å²) >= 11 is 0. The minimum absolute atomic E-state index is 0.0497. The van der Waals surface area contributed by atoms with Crippen LogP contribution in [0.3, 0.4) is 0 Å². The number of hydrogen-bond donors (Lipinski definition) is 2. The van der Waals surface area contributed by atoms with Crippen molar-refractivity contribution in [1.82, 2.24) is 0 Å². The molecule has 20 heavy (non-hydrogen) atoms. The van der Waals surface area contributed by atoms with Gasteiger partial charge in [-0.2, -0.15) is 0 Å². The van der Waals surface area contributed by atoms with Gasteiger partial charge in [0.25, 0.3) is 5.54 Å². The number of rotatable bonds is 5. The molecule has 0 spiro atoms. The van der Waals surface area contributed by atoms with Crippen LogP contribution in [0.2, 0.25) is 0 Å². The summed E-state index contributed by atoms with van der Waals surface area (Å²) < 4.78 is 5.29. The van der Waals surface area contributed by atoms with Gasteiger partial charge in [-0.05, 0) is 6.08 Å². The molecule has 0 aromatic rings. The average molecular weight is 288 g/mol. The second-order valence-corrected chi connectivity index (χ2v) is 5.60. The first-order valence-electron chi connectivity index (χ1n) is 6.41. The minimum atomic E-state index is -1.57. The molecule has 9 nitrogen and oxygen atoms in total. The van der Waals surface area contributed by atoms with Crippen molar-refractivity contribution < 1.29 is 24.6 Å². The van der Waals surface area contributed by atoms with E-state index in [1.54, 1.807) is 7.05 Å². The van der Waals surface area contributed by atoms with Gasteiger partial charge in [0.05, 0.1) is 13.7 Å². The Hall–Kier alpha value is -1.74.